The number of halogens is 1. The minimum Gasteiger partial charge on any atom is -0.481 e. The van der Waals surface area contributed by atoms with Crippen LogP contribution in [0, 0.1) is 11.7 Å². The summed E-state index contributed by atoms with van der Waals surface area (Å²) in [6, 6.07) is 10.1. The van der Waals surface area contributed by atoms with Gasteiger partial charge in [0, 0.05) is 6.04 Å². The summed E-state index contributed by atoms with van der Waals surface area (Å²) in [5, 5.41) is 25.0. The molecular weight excluding hydrogens is 337 g/mol. The number of rotatable bonds is 4. The molecule has 1 aromatic carbocycles. The van der Waals surface area contributed by atoms with Crippen LogP contribution in [0.4, 0.5) is 10.2 Å². The number of benzene rings is 1. The van der Waals surface area contributed by atoms with Crippen LogP contribution < -0.4 is 5.32 Å². The summed E-state index contributed by atoms with van der Waals surface area (Å²) in [5.74, 6) is -0.380. The Balaban J connectivity index is 1.57. The molecule has 26 heavy (non-hydrogen) atoms. The van der Waals surface area contributed by atoms with E-state index in [9.17, 15) is 9.18 Å². The van der Waals surface area contributed by atoms with Crippen molar-refractivity contribution in [1.29, 1.82) is 0 Å². The average Bonchev–Trinajstić information content (AvgIpc) is 3.06. The van der Waals surface area contributed by atoms with Gasteiger partial charge in [-0.05, 0) is 49.9 Å². The smallest absolute Gasteiger partial charge is 0.306 e. The number of hydrogen-bond donors (Lipinski definition) is 2. The minimum absolute atomic E-state index is 0.170. The molecule has 0 radical (unpaired) electrons. The molecule has 1 aliphatic rings. The van der Waals surface area contributed by atoms with E-state index in [4.69, 9.17) is 5.11 Å². The molecule has 0 atom stereocenters. The summed E-state index contributed by atoms with van der Waals surface area (Å²) in [6.45, 7) is 0. The number of fused-ring (bicyclic) bond motifs is 1. The second-order valence-corrected chi connectivity index (χ2v) is 6.52. The van der Waals surface area contributed by atoms with Gasteiger partial charge in [-0.15, -0.1) is 15.3 Å². The van der Waals surface area contributed by atoms with Gasteiger partial charge in [0.2, 0.25) is 0 Å². The van der Waals surface area contributed by atoms with Crippen molar-refractivity contribution in [2.24, 2.45) is 5.92 Å². The van der Waals surface area contributed by atoms with Gasteiger partial charge in [0.25, 0.3) is 0 Å². The predicted molar refractivity (Wildman–Crippen MR) is 93.2 cm³/mol. The first-order valence-corrected chi connectivity index (χ1v) is 8.58. The molecule has 1 fully saturated rings. The zero-order valence-electron chi connectivity index (χ0n) is 14.0. The van der Waals surface area contributed by atoms with Crippen molar-refractivity contribution in [3.8, 4) is 11.4 Å². The molecule has 2 N–H and O–H groups in total. The molecule has 1 aliphatic carbocycles. The first kappa shape index (κ1) is 16.4. The topological polar surface area (TPSA) is 92.4 Å². The fourth-order valence-corrected chi connectivity index (χ4v) is 3.37. The van der Waals surface area contributed by atoms with Crippen LogP contribution in [0.2, 0.25) is 0 Å². The summed E-state index contributed by atoms with van der Waals surface area (Å²) in [6.07, 6.45) is 2.86. The number of nitrogens with one attached hydrogen (secondary N) is 1. The maximum absolute atomic E-state index is 14.1. The number of anilines is 1. The summed E-state index contributed by atoms with van der Waals surface area (Å²) in [5.41, 5.74) is 0.870. The van der Waals surface area contributed by atoms with Crippen molar-refractivity contribution < 1.29 is 14.3 Å². The Hall–Kier alpha value is -3.03. The Labute approximate surface area is 148 Å². The van der Waals surface area contributed by atoms with Crippen LogP contribution in [-0.4, -0.2) is 36.9 Å². The zero-order valence-corrected chi connectivity index (χ0v) is 14.0. The molecule has 0 aliphatic heterocycles. The van der Waals surface area contributed by atoms with Gasteiger partial charge in [0.05, 0.1) is 11.5 Å². The molecule has 3 aromatic rings. The van der Waals surface area contributed by atoms with Gasteiger partial charge in [0.1, 0.15) is 11.6 Å². The molecule has 2 heterocycles. The third kappa shape index (κ3) is 3.10. The first-order valence-electron chi connectivity index (χ1n) is 8.58. The molecule has 0 unspecified atom stereocenters. The van der Waals surface area contributed by atoms with E-state index in [2.05, 4.69) is 20.6 Å². The summed E-state index contributed by atoms with van der Waals surface area (Å²) >= 11 is 0. The molecule has 0 amide bonds. The van der Waals surface area contributed by atoms with E-state index in [1.165, 1.54) is 10.6 Å². The summed E-state index contributed by atoms with van der Waals surface area (Å²) in [4.78, 5) is 11.1. The number of carboxylic acids is 1. The van der Waals surface area contributed by atoms with E-state index < -0.39 is 5.97 Å². The number of aliphatic carboxylic acids is 1. The van der Waals surface area contributed by atoms with Gasteiger partial charge >= 0.3 is 5.97 Å². The standard InChI is InChI=1S/C18H18FN5O2/c19-14-4-2-1-3-13(14)17-22-21-16-10-9-15(23-24(16)17)20-12-7-5-11(6-8-12)18(25)26/h1-4,9-12H,5-8H2,(H,20,23)(H,25,26). The molecule has 2 aromatic heterocycles. The maximum atomic E-state index is 14.1. The van der Waals surface area contributed by atoms with Crippen LogP contribution in [0.25, 0.3) is 17.0 Å². The highest BCUT2D eigenvalue weighted by molar-refractivity contribution is 5.70. The van der Waals surface area contributed by atoms with Crippen molar-refractivity contribution >= 4 is 17.4 Å². The number of aromatic nitrogens is 4. The lowest BCUT2D eigenvalue weighted by molar-refractivity contribution is -0.142. The van der Waals surface area contributed by atoms with Crippen molar-refractivity contribution in [3.63, 3.8) is 0 Å². The van der Waals surface area contributed by atoms with Crippen LogP contribution >= 0.6 is 0 Å². The van der Waals surface area contributed by atoms with Crippen LogP contribution in [0.1, 0.15) is 25.7 Å². The molecule has 8 heteroatoms. The van der Waals surface area contributed by atoms with Gasteiger partial charge < -0.3 is 10.4 Å². The van der Waals surface area contributed by atoms with E-state index in [1.807, 2.05) is 0 Å². The molecule has 134 valence electrons. The number of nitrogens with zero attached hydrogens (tertiary/aromatic N) is 4. The Morgan fingerprint density at radius 1 is 1.12 bits per heavy atom. The minimum atomic E-state index is -0.720. The second-order valence-electron chi connectivity index (χ2n) is 6.52. The van der Waals surface area contributed by atoms with E-state index in [1.54, 1.807) is 30.3 Å². The first-order chi connectivity index (χ1) is 12.6. The molecule has 0 saturated heterocycles. The third-order valence-corrected chi connectivity index (χ3v) is 4.81. The maximum Gasteiger partial charge on any atom is 0.306 e. The summed E-state index contributed by atoms with van der Waals surface area (Å²) < 4.78 is 15.6. The zero-order chi connectivity index (χ0) is 18.1. The van der Waals surface area contributed by atoms with Crippen molar-refractivity contribution in [2.75, 3.05) is 5.32 Å². The molecule has 0 bridgehead atoms. The molecular formula is C18H18FN5O2. The van der Waals surface area contributed by atoms with Crippen LogP contribution in [-0.2, 0) is 4.79 Å². The Morgan fingerprint density at radius 2 is 1.88 bits per heavy atom. The molecule has 0 spiro atoms. The normalized spacial score (nSPS) is 20.2. The van der Waals surface area contributed by atoms with Gasteiger partial charge in [-0.2, -0.15) is 4.52 Å². The Kier molecular flexibility index (Phi) is 4.24. The lowest BCUT2D eigenvalue weighted by Gasteiger charge is -2.27. The number of carboxylic acid groups (broad SMARTS) is 1. The molecule has 7 nitrogen and oxygen atoms in total. The number of hydrogen-bond acceptors (Lipinski definition) is 5. The fraction of sp³-hybridized carbons (Fsp3) is 0.333. The average molecular weight is 355 g/mol. The van der Waals surface area contributed by atoms with Crippen molar-refractivity contribution in [3.05, 3.63) is 42.2 Å². The lowest BCUT2D eigenvalue weighted by atomic mass is 9.86. The third-order valence-electron chi connectivity index (χ3n) is 4.81. The highest BCUT2D eigenvalue weighted by Gasteiger charge is 2.26. The monoisotopic (exact) mass is 355 g/mol. The lowest BCUT2D eigenvalue weighted by Crippen LogP contribution is -2.29. The molecule has 4 rings (SSSR count). The number of carbonyl (C=O) groups is 1. The van der Waals surface area contributed by atoms with Crippen molar-refractivity contribution in [2.45, 2.75) is 31.7 Å². The van der Waals surface area contributed by atoms with Crippen LogP contribution in [0.5, 0.6) is 0 Å². The quantitative estimate of drug-likeness (QED) is 0.747. The van der Waals surface area contributed by atoms with Crippen molar-refractivity contribution in [1.82, 2.24) is 19.8 Å². The Morgan fingerprint density at radius 3 is 2.62 bits per heavy atom. The Bertz CT molecular complexity index is 950. The van der Waals surface area contributed by atoms with Gasteiger partial charge in [0.15, 0.2) is 11.5 Å². The molecule has 1 saturated carbocycles. The predicted octanol–water partition coefficient (Wildman–Crippen LogP) is 2.99. The van der Waals surface area contributed by atoms with Gasteiger partial charge in [-0.3, -0.25) is 4.79 Å². The van der Waals surface area contributed by atoms with E-state index in [-0.39, 0.29) is 17.8 Å². The highest BCUT2D eigenvalue weighted by Crippen LogP contribution is 2.27. The van der Waals surface area contributed by atoms with E-state index in [0.717, 1.165) is 12.8 Å². The van der Waals surface area contributed by atoms with Gasteiger partial charge in [-0.1, -0.05) is 12.1 Å². The van der Waals surface area contributed by atoms with Crippen LogP contribution in [0.3, 0.4) is 0 Å². The van der Waals surface area contributed by atoms with Crippen LogP contribution in [0.15, 0.2) is 36.4 Å². The fourth-order valence-electron chi connectivity index (χ4n) is 3.37. The highest BCUT2D eigenvalue weighted by atomic mass is 19.1. The summed E-state index contributed by atoms with van der Waals surface area (Å²) in [7, 11) is 0. The van der Waals surface area contributed by atoms with E-state index in [0.29, 0.717) is 35.7 Å². The SMILES string of the molecule is O=C(O)C1CCC(Nc2ccc3nnc(-c4ccccc4F)n3n2)CC1. The largest absolute Gasteiger partial charge is 0.481 e. The van der Waals surface area contributed by atoms with E-state index >= 15 is 0 Å². The van der Waals surface area contributed by atoms with Gasteiger partial charge in [-0.25, -0.2) is 4.39 Å². The second kappa shape index (κ2) is 6.70.